The van der Waals surface area contributed by atoms with E-state index in [4.69, 9.17) is 9.47 Å². The van der Waals surface area contributed by atoms with E-state index in [0.29, 0.717) is 21.5 Å². The molecule has 0 aliphatic carbocycles. The SMILES string of the molecule is COc1cc(COc2cc(F)ccc2Br)cc([N+](=O)[O-])c1. The third kappa shape index (κ3) is 3.91. The molecular weight excluding hydrogens is 345 g/mol. The van der Waals surface area contributed by atoms with Crippen molar-refractivity contribution in [3.8, 4) is 11.5 Å². The Hall–Kier alpha value is -2.15. The monoisotopic (exact) mass is 355 g/mol. The lowest BCUT2D eigenvalue weighted by Crippen LogP contribution is -1.99. The van der Waals surface area contributed by atoms with Gasteiger partial charge in [0.05, 0.1) is 22.6 Å². The molecule has 0 bridgehead atoms. The van der Waals surface area contributed by atoms with E-state index in [9.17, 15) is 14.5 Å². The number of nitrogens with zero attached hydrogens (tertiary/aromatic N) is 1. The van der Waals surface area contributed by atoms with Crippen LogP contribution in [0, 0.1) is 15.9 Å². The minimum atomic E-state index is -0.510. The van der Waals surface area contributed by atoms with Crippen LogP contribution in [0.1, 0.15) is 5.56 Å². The zero-order valence-corrected chi connectivity index (χ0v) is 12.6. The summed E-state index contributed by atoms with van der Waals surface area (Å²) in [5.41, 5.74) is 0.462. The third-order valence-electron chi connectivity index (χ3n) is 2.69. The molecule has 0 amide bonds. The van der Waals surface area contributed by atoms with Crippen molar-refractivity contribution in [1.29, 1.82) is 0 Å². The van der Waals surface area contributed by atoms with Crippen LogP contribution in [-0.2, 0) is 6.61 Å². The number of benzene rings is 2. The second-order valence-corrected chi connectivity index (χ2v) is 5.01. The molecule has 110 valence electrons. The number of nitro groups is 1. The quantitative estimate of drug-likeness (QED) is 0.598. The van der Waals surface area contributed by atoms with Gasteiger partial charge in [-0.3, -0.25) is 10.1 Å². The first-order valence-electron chi connectivity index (χ1n) is 5.90. The topological polar surface area (TPSA) is 61.6 Å². The molecule has 2 aromatic rings. The van der Waals surface area contributed by atoms with Gasteiger partial charge in [0, 0.05) is 12.1 Å². The van der Waals surface area contributed by atoms with Crippen molar-refractivity contribution in [3.05, 3.63) is 62.4 Å². The summed E-state index contributed by atoms with van der Waals surface area (Å²) in [4.78, 5) is 10.3. The fourth-order valence-electron chi connectivity index (χ4n) is 1.70. The number of nitro benzene ring substituents is 1. The van der Waals surface area contributed by atoms with E-state index in [1.807, 2.05) is 0 Å². The number of rotatable bonds is 5. The summed E-state index contributed by atoms with van der Waals surface area (Å²) in [5, 5.41) is 10.8. The van der Waals surface area contributed by atoms with E-state index in [1.54, 1.807) is 6.07 Å². The van der Waals surface area contributed by atoms with E-state index in [2.05, 4.69) is 15.9 Å². The average Bonchev–Trinajstić information content (AvgIpc) is 2.47. The maximum atomic E-state index is 13.2. The zero-order valence-electron chi connectivity index (χ0n) is 11.0. The van der Waals surface area contributed by atoms with Crippen LogP contribution in [0.4, 0.5) is 10.1 Å². The first-order chi connectivity index (χ1) is 9.99. The lowest BCUT2D eigenvalue weighted by atomic mass is 10.2. The molecule has 2 rings (SSSR count). The van der Waals surface area contributed by atoms with Gasteiger partial charge in [-0.2, -0.15) is 0 Å². The van der Waals surface area contributed by atoms with Gasteiger partial charge < -0.3 is 9.47 Å². The smallest absolute Gasteiger partial charge is 0.273 e. The Labute approximate surface area is 128 Å². The molecule has 0 aromatic heterocycles. The highest BCUT2D eigenvalue weighted by Gasteiger charge is 2.11. The Kier molecular flexibility index (Phi) is 4.74. The molecule has 0 atom stereocenters. The first kappa shape index (κ1) is 15.2. The second kappa shape index (κ2) is 6.53. The highest BCUT2D eigenvalue weighted by molar-refractivity contribution is 9.10. The van der Waals surface area contributed by atoms with Crippen LogP contribution in [0.2, 0.25) is 0 Å². The predicted octanol–water partition coefficient (Wildman–Crippen LogP) is 4.08. The summed E-state index contributed by atoms with van der Waals surface area (Å²) < 4.78 is 24.2. The summed E-state index contributed by atoms with van der Waals surface area (Å²) in [7, 11) is 1.42. The van der Waals surface area contributed by atoms with Crippen LogP contribution >= 0.6 is 15.9 Å². The fourth-order valence-corrected chi connectivity index (χ4v) is 2.06. The highest BCUT2D eigenvalue weighted by atomic mass is 79.9. The minimum Gasteiger partial charge on any atom is -0.496 e. The van der Waals surface area contributed by atoms with Gasteiger partial charge in [0.1, 0.15) is 23.9 Å². The van der Waals surface area contributed by atoms with Gasteiger partial charge in [0.15, 0.2) is 0 Å². The number of non-ortho nitro benzene ring substituents is 1. The molecule has 0 saturated carbocycles. The molecule has 0 heterocycles. The van der Waals surface area contributed by atoms with Gasteiger partial charge in [-0.25, -0.2) is 4.39 Å². The number of halogens is 2. The van der Waals surface area contributed by atoms with Crippen molar-refractivity contribution in [2.75, 3.05) is 7.11 Å². The lowest BCUT2D eigenvalue weighted by molar-refractivity contribution is -0.385. The molecule has 0 aliphatic rings. The van der Waals surface area contributed by atoms with Gasteiger partial charge in [-0.1, -0.05) is 0 Å². The Morgan fingerprint density at radius 3 is 2.71 bits per heavy atom. The molecule has 0 aliphatic heterocycles. The van der Waals surface area contributed by atoms with E-state index in [1.165, 1.54) is 37.4 Å². The predicted molar refractivity (Wildman–Crippen MR) is 78.1 cm³/mol. The van der Waals surface area contributed by atoms with Crippen molar-refractivity contribution in [1.82, 2.24) is 0 Å². The van der Waals surface area contributed by atoms with Crippen LogP contribution in [0.15, 0.2) is 40.9 Å². The van der Waals surface area contributed by atoms with E-state index in [-0.39, 0.29) is 12.3 Å². The van der Waals surface area contributed by atoms with Crippen molar-refractivity contribution in [2.45, 2.75) is 6.61 Å². The van der Waals surface area contributed by atoms with Crippen molar-refractivity contribution < 1.29 is 18.8 Å². The maximum absolute atomic E-state index is 13.2. The Balaban J connectivity index is 2.21. The van der Waals surface area contributed by atoms with E-state index < -0.39 is 10.7 Å². The van der Waals surface area contributed by atoms with Gasteiger partial charge in [0.2, 0.25) is 0 Å². The Morgan fingerprint density at radius 1 is 1.29 bits per heavy atom. The lowest BCUT2D eigenvalue weighted by Gasteiger charge is -2.09. The minimum absolute atomic E-state index is 0.0556. The molecule has 0 spiro atoms. The summed E-state index contributed by atoms with van der Waals surface area (Å²) in [6.45, 7) is 0.0556. The van der Waals surface area contributed by atoms with Crippen molar-refractivity contribution in [2.24, 2.45) is 0 Å². The van der Waals surface area contributed by atoms with Crippen LogP contribution in [0.25, 0.3) is 0 Å². The number of hydrogen-bond donors (Lipinski definition) is 0. The van der Waals surface area contributed by atoms with Crippen LogP contribution in [0.3, 0.4) is 0 Å². The second-order valence-electron chi connectivity index (χ2n) is 4.16. The fraction of sp³-hybridized carbons (Fsp3) is 0.143. The molecule has 0 unspecified atom stereocenters. The van der Waals surface area contributed by atoms with Crippen molar-refractivity contribution in [3.63, 3.8) is 0 Å². The third-order valence-corrected chi connectivity index (χ3v) is 3.34. The zero-order chi connectivity index (χ0) is 15.4. The summed E-state index contributed by atoms with van der Waals surface area (Å²) in [5.74, 6) is 0.256. The van der Waals surface area contributed by atoms with Gasteiger partial charge >= 0.3 is 0 Å². The van der Waals surface area contributed by atoms with Gasteiger partial charge in [0.25, 0.3) is 5.69 Å². The summed E-state index contributed by atoms with van der Waals surface area (Å²) in [6, 6.07) is 8.39. The molecule has 7 heteroatoms. The molecular formula is C14H11BrFNO4. The maximum Gasteiger partial charge on any atom is 0.273 e. The van der Waals surface area contributed by atoms with E-state index >= 15 is 0 Å². The average molecular weight is 356 g/mol. The Bertz CT molecular complexity index is 678. The molecule has 21 heavy (non-hydrogen) atoms. The largest absolute Gasteiger partial charge is 0.496 e. The number of hydrogen-bond acceptors (Lipinski definition) is 4. The molecule has 0 N–H and O–H groups in total. The molecule has 0 fully saturated rings. The number of methoxy groups -OCH3 is 1. The first-order valence-corrected chi connectivity index (χ1v) is 6.69. The van der Waals surface area contributed by atoms with Gasteiger partial charge in [-0.15, -0.1) is 0 Å². The molecule has 5 nitrogen and oxygen atoms in total. The van der Waals surface area contributed by atoms with Crippen molar-refractivity contribution >= 4 is 21.6 Å². The summed E-state index contributed by atoms with van der Waals surface area (Å²) in [6.07, 6.45) is 0. The standard InChI is InChI=1S/C14H11BrFNO4/c1-20-12-5-9(4-11(7-12)17(18)19)8-21-14-6-10(16)2-3-13(14)15/h2-7H,8H2,1H3. The summed E-state index contributed by atoms with van der Waals surface area (Å²) >= 11 is 3.25. The van der Waals surface area contributed by atoms with Crippen LogP contribution in [-0.4, -0.2) is 12.0 Å². The van der Waals surface area contributed by atoms with Gasteiger partial charge in [-0.05, 0) is 39.7 Å². The molecule has 0 radical (unpaired) electrons. The Morgan fingerprint density at radius 2 is 2.05 bits per heavy atom. The van der Waals surface area contributed by atoms with Crippen LogP contribution < -0.4 is 9.47 Å². The number of ether oxygens (including phenoxy) is 2. The molecule has 0 saturated heterocycles. The molecule has 2 aromatic carbocycles. The van der Waals surface area contributed by atoms with Crippen LogP contribution in [0.5, 0.6) is 11.5 Å². The van der Waals surface area contributed by atoms with E-state index in [0.717, 1.165) is 0 Å². The normalized spacial score (nSPS) is 10.2. The highest BCUT2D eigenvalue weighted by Crippen LogP contribution is 2.28.